The van der Waals surface area contributed by atoms with Gasteiger partial charge < -0.3 is 5.11 Å². The summed E-state index contributed by atoms with van der Waals surface area (Å²) < 4.78 is 38.9. The molecule has 1 N–H and O–H groups in total. The molecule has 0 aliphatic heterocycles. The van der Waals surface area contributed by atoms with Crippen molar-refractivity contribution < 1.29 is 18.3 Å². The fourth-order valence-corrected chi connectivity index (χ4v) is 1.07. The molecule has 0 bridgehead atoms. The van der Waals surface area contributed by atoms with Crippen LogP contribution in [0.25, 0.3) is 0 Å². The van der Waals surface area contributed by atoms with Gasteiger partial charge in [0.15, 0.2) is 0 Å². The first-order valence-electron chi connectivity index (χ1n) is 4.04. The molecule has 0 aliphatic carbocycles. The molecule has 15 heavy (non-hydrogen) atoms. The molecule has 1 heterocycles. The van der Waals surface area contributed by atoms with Crippen LogP contribution >= 0.6 is 0 Å². The fourth-order valence-electron chi connectivity index (χ4n) is 1.07. The summed E-state index contributed by atoms with van der Waals surface area (Å²) in [5.74, 6) is 3.79. The molecular formula is C9H9F3N2O. The Balaban J connectivity index is 3.29. The normalized spacial score (nSPS) is 15.3. The van der Waals surface area contributed by atoms with Crippen molar-refractivity contribution in [1.82, 2.24) is 9.78 Å². The lowest BCUT2D eigenvalue weighted by Gasteiger charge is -2.22. The molecule has 0 spiro atoms. The van der Waals surface area contributed by atoms with Crippen molar-refractivity contribution >= 4 is 0 Å². The van der Waals surface area contributed by atoms with E-state index in [-0.39, 0.29) is 0 Å². The Bertz CT molecular complexity index is 413. The summed E-state index contributed by atoms with van der Waals surface area (Å²) in [4.78, 5) is 0. The van der Waals surface area contributed by atoms with E-state index < -0.39 is 17.5 Å². The van der Waals surface area contributed by atoms with Crippen LogP contribution in [-0.2, 0) is 12.6 Å². The van der Waals surface area contributed by atoms with Crippen molar-refractivity contribution in [2.45, 2.75) is 18.7 Å². The zero-order valence-corrected chi connectivity index (χ0v) is 8.13. The summed E-state index contributed by atoms with van der Waals surface area (Å²) in [5, 5.41) is 13.0. The van der Waals surface area contributed by atoms with E-state index in [2.05, 4.69) is 11.0 Å². The Morgan fingerprint density at radius 1 is 1.47 bits per heavy atom. The molecule has 0 aromatic carbocycles. The zero-order valence-electron chi connectivity index (χ0n) is 8.13. The van der Waals surface area contributed by atoms with Crippen molar-refractivity contribution in [2.24, 2.45) is 7.05 Å². The molecule has 0 saturated heterocycles. The molecule has 1 aromatic rings. The lowest BCUT2D eigenvalue weighted by molar-refractivity contribution is -0.242. The molecule has 0 radical (unpaired) electrons. The number of aryl methyl sites for hydroxylation is 1. The summed E-state index contributed by atoms with van der Waals surface area (Å²) >= 11 is 0. The third-order valence-electron chi connectivity index (χ3n) is 1.80. The number of rotatable bonds is 1. The Hall–Kier alpha value is -1.48. The highest BCUT2D eigenvalue weighted by Gasteiger charge is 2.56. The van der Waals surface area contributed by atoms with E-state index in [0.717, 1.165) is 6.07 Å². The van der Waals surface area contributed by atoms with E-state index in [4.69, 9.17) is 0 Å². The van der Waals surface area contributed by atoms with Gasteiger partial charge in [-0.2, -0.15) is 18.3 Å². The molecule has 1 rings (SSSR count). The minimum absolute atomic E-state index is 0.521. The second-order valence-corrected chi connectivity index (χ2v) is 2.96. The van der Waals surface area contributed by atoms with Gasteiger partial charge in [-0.1, -0.05) is 5.92 Å². The third-order valence-corrected chi connectivity index (χ3v) is 1.80. The molecular weight excluding hydrogens is 209 g/mol. The van der Waals surface area contributed by atoms with Crippen LogP contribution in [0.3, 0.4) is 0 Å². The average Bonchev–Trinajstić information content (AvgIpc) is 2.50. The summed E-state index contributed by atoms with van der Waals surface area (Å²) in [6.07, 6.45) is -3.56. The second kappa shape index (κ2) is 3.59. The molecule has 0 fully saturated rings. The Labute approximate surface area is 84.5 Å². The predicted molar refractivity (Wildman–Crippen MR) is 46.6 cm³/mol. The fraction of sp³-hybridized carbons (Fsp3) is 0.444. The van der Waals surface area contributed by atoms with Crippen LogP contribution in [0.4, 0.5) is 13.2 Å². The maximum absolute atomic E-state index is 12.6. The first kappa shape index (κ1) is 11.6. The van der Waals surface area contributed by atoms with Gasteiger partial charge in [0, 0.05) is 13.2 Å². The number of hydrogen-bond donors (Lipinski definition) is 1. The van der Waals surface area contributed by atoms with Crippen LogP contribution in [0.5, 0.6) is 0 Å². The third kappa shape index (κ3) is 1.97. The van der Waals surface area contributed by atoms with Gasteiger partial charge in [-0.15, -0.1) is 5.92 Å². The number of aliphatic hydroxyl groups is 1. The Morgan fingerprint density at radius 2 is 2.07 bits per heavy atom. The van der Waals surface area contributed by atoms with Crippen molar-refractivity contribution in [3.8, 4) is 11.8 Å². The molecule has 0 saturated carbocycles. The molecule has 0 amide bonds. The molecule has 82 valence electrons. The van der Waals surface area contributed by atoms with E-state index in [9.17, 15) is 18.3 Å². The highest BCUT2D eigenvalue weighted by molar-refractivity contribution is 5.27. The van der Waals surface area contributed by atoms with E-state index in [1.807, 2.05) is 0 Å². The number of hydrogen-bond acceptors (Lipinski definition) is 2. The van der Waals surface area contributed by atoms with Crippen molar-refractivity contribution in [3.05, 3.63) is 18.0 Å². The molecule has 6 heteroatoms. The van der Waals surface area contributed by atoms with Crippen LogP contribution in [0.1, 0.15) is 12.6 Å². The maximum atomic E-state index is 12.6. The summed E-state index contributed by atoms with van der Waals surface area (Å²) in [6.45, 7) is 1.22. The summed E-state index contributed by atoms with van der Waals surface area (Å²) in [5.41, 5.74) is -3.71. The summed E-state index contributed by atoms with van der Waals surface area (Å²) in [7, 11) is 1.46. The zero-order chi connectivity index (χ0) is 11.7. The molecule has 0 aliphatic rings. The smallest absolute Gasteiger partial charge is 0.365 e. The molecule has 1 atom stereocenters. The molecule has 1 aromatic heterocycles. The number of nitrogens with zero attached hydrogens (tertiary/aromatic N) is 2. The summed E-state index contributed by atoms with van der Waals surface area (Å²) in [6, 6.07) is 1.08. The van der Waals surface area contributed by atoms with Crippen LogP contribution in [-0.4, -0.2) is 21.1 Å². The SMILES string of the molecule is CC#CC(O)(c1ccn(C)n1)C(F)(F)F. The minimum Gasteiger partial charge on any atom is -0.365 e. The topological polar surface area (TPSA) is 38.0 Å². The van der Waals surface area contributed by atoms with Gasteiger partial charge in [-0.05, 0) is 13.0 Å². The lowest BCUT2D eigenvalue weighted by Crippen LogP contribution is -2.41. The van der Waals surface area contributed by atoms with Crippen LogP contribution in [0.2, 0.25) is 0 Å². The first-order valence-corrected chi connectivity index (χ1v) is 4.04. The Kier molecular flexibility index (Phi) is 2.77. The molecule has 3 nitrogen and oxygen atoms in total. The van der Waals surface area contributed by atoms with Crippen molar-refractivity contribution in [1.29, 1.82) is 0 Å². The van der Waals surface area contributed by atoms with Gasteiger partial charge in [-0.3, -0.25) is 4.68 Å². The average molecular weight is 218 g/mol. The van der Waals surface area contributed by atoms with Gasteiger partial charge in [-0.25, -0.2) is 0 Å². The van der Waals surface area contributed by atoms with Gasteiger partial charge in [0.05, 0.1) is 0 Å². The number of alkyl halides is 3. The first-order chi connectivity index (χ1) is 6.81. The maximum Gasteiger partial charge on any atom is 0.434 e. The molecule has 1 unspecified atom stereocenters. The highest BCUT2D eigenvalue weighted by Crippen LogP contribution is 2.37. The highest BCUT2D eigenvalue weighted by atomic mass is 19.4. The quantitative estimate of drug-likeness (QED) is 0.719. The minimum atomic E-state index is -4.87. The standard InChI is InChI=1S/C9H9F3N2O/c1-3-5-8(15,9(10,11)12)7-4-6-14(2)13-7/h4,6,15H,1-2H3. The van der Waals surface area contributed by atoms with Gasteiger partial charge >= 0.3 is 6.18 Å². The van der Waals surface area contributed by atoms with Crippen LogP contribution < -0.4 is 0 Å². The van der Waals surface area contributed by atoms with Crippen molar-refractivity contribution in [3.63, 3.8) is 0 Å². The van der Waals surface area contributed by atoms with E-state index in [1.54, 1.807) is 5.92 Å². The van der Waals surface area contributed by atoms with E-state index in [1.165, 1.54) is 24.9 Å². The predicted octanol–water partition coefficient (Wildman–Crippen LogP) is 1.19. The number of aromatic nitrogens is 2. The van der Waals surface area contributed by atoms with Crippen LogP contribution in [0.15, 0.2) is 12.3 Å². The van der Waals surface area contributed by atoms with Gasteiger partial charge in [0.2, 0.25) is 0 Å². The monoisotopic (exact) mass is 218 g/mol. The Morgan fingerprint density at radius 3 is 2.40 bits per heavy atom. The van der Waals surface area contributed by atoms with Gasteiger partial charge in [0.1, 0.15) is 5.69 Å². The lowest BCUT2D eigenvalue weighted by atomic mass is 10.0. The van der Waals surface area contributed by atoms with Crippen molar-refractivity contribution in [2.75, 3.05) is 0 Å². The van der Waals surface area contributed by atoms with Gasteiger partial charge in [0.25, 0.3) is 5.60 Å². The van der Waals surface area contributed by atoms with E-state index in [0.29, 0.717) is 0 Å². The van der Waals surface area contributed by atoms with E-state index >= 15 is 0 Å². The number of halogens is 3. The van der Waals surface area contributed by atoms with Crippen LogP contribution in [0, 0.1) is 11.8 Å². The largest absolute Gasteiger partial charge is 0.434 e. The second-order valence-electron chi connectivity index (χ2n) is 2.96.